The molecular weight excluding hydrogens is 260 g/mol. The lowest BCUT2D eigenvalue weighted by molar-refractivity contribution is 0.107. The van der Waals surface area contributed by atoms with E-state index in [-0.39, 0.29) is 0 Å². The van der Waals surface area contributed by atoms with Crippen molar-refractivity contribution in [1.29, 1.82) is 0 Å². The van der Waals surface area contributed by atoms with Gasteiger partial charge in [-0.3, -0.25) is 0 Å². The van der Waals surface area contributed by atoms with Crippen molar-refractivity contribution in [2.24, 2.45) is 5.73 Å². The largest absolute Gasteiger partial charge is 0.372 e. The van der Waals surface area contributed by atoms with E-state index in [1.165, 1.54) is 22.1 Å². The van der Waals surface area contributed by atoms with Crippen molar-refractivity contribution in [2.45, 2.75) is 19.6 Å². The second kappa shape index (κ2) is 6.57. The SMILES string of the molecule is NCCc1c[nH]c2ccc(COCc3ccccc3)cc12. The standard InChI is InChI=1S/C18H20N2O/c19-9-8-16-11-20-18-7-6-15(10-17(16)18)13-21-12-14-4-2-1-3-5-14/h1-7,10-11,20H,8-9,12-13,19H2. The molecule has 1 heterocycles. The molecule has 108 valence electrons. The predicted molar refractivity (Wildman–Crippen MR) is 86.0 cm³/mol. The van der Waals surface area contributed by atoms with Gasteiger partial charge in [-0.25, -0.2) is 0 Å². The van der Waals surface area contributed by atoms with Crippen LogP contribution in [0.15, 0.2) is 54.7 Å². The van der Waals surface area contributed by atoms with Crippen LogP contribution in [-0.4, -0.2) is 11.5 Å². The molecule has 2 aromatic carbocycles. The molecule has 0 unspecified atom stereocenters. The number of H-pyrrole nitrogens is 1. The van der Waals surface area contributed by atoms with Crippen LogP contribution in [0.25, 0.3) is 10.9 Å². The van der Waals surface area contributed by atoms with Gasteiger partial charge in [-0.05, 0) is 41.8 Å². The van der Waals surface area contributed by atoms with Crippen molar-refractivity contribution >= 4 is 10.9 Å². The molecule has 0 aliphatic rings. The quantitative estimate of drug-likeness (QED) is 0.727. The van der Waals surface area contributed by atoms with Crippen LogP contribution in [0.5, 0.6) is 0 Å². The topological polar surface area (TPSA) is 51.0 Å². The zero-order valence-electron chi connectivity index (χ0n) is 12.0. The van der Waals surface area contributed by atoms with Crippen LogP contribution in [-0.2, 0) is 24.4 Å². The lowest BCUT2D eigenvalue weighted by atomic mass is 10.1. The molecule has 0 saturated heterocycles. The Bertz CT molecular complexity index is 704. The molecule has 0 fully saturated rings. The molecule has 21 heavy (non-hydrogen) atoms. The molecule has 3 nitrogen and oxygen atoms in total. The third kappa shape index (κ3) is 3.32. The van der Waals surface area contributed by atoms with Crippen LogP contribution < -0.4 is 5.73 Å². The molecule has 3 N–H and O–H groups in total. The van der Waals surface area contributed by atoms with E-state index >= 15 is 0 Å². The fourth-order valence-corrected chi connectivity index (χ4v) is 2.54. The summed E-state index contributed by atoms with van der Waals surface area (Å²) >= 11 is 0. The Morgan fingerprint density at radius 2 is 1.76 bits per heavy atom. The van der Waals surface area contributed by atoms with Gasteiger partial charge in [0.05, 0.1) is 13.2 Å². The van der Waals surface area contributed by atoms with E-state index in [9.17, 15) is 0 Å². The summed E-state index contributed by atoms with van der Waals surface area (Å²) in [5.41, 5.74) is 10.5. The summed E-state index contributed by atoms with van der Waals surface area (Å²) in [6, 6.07) is 16.6. The Morgan fingerprint density at radius 3 is 2.57 bits per heavy atom. The predicted octanol–water partition coefficient (Wildman–Crippen LogP) is 3.39. The highest BCUT2D eigenvalue weighted by Gasteiger charge is 2.04. The van der Waals surface area contributed by atoms with Crippen LogP contribution in [0, 0.1) is 0 Å². The first-order valence-corrected chi connectivity index (χ1v) is 7.27. The third-order valence-electron chi connectivity index (χ3n) is 3.63. The van der Waals surface area contributed by atoms with Crippen LogP contribution in [0.4, 0.5) is 0 Å². The second-order valence-corrected chi connectivity index (χ2v) is 5.21. The lowest BCUT2D eigenvalue weighted by Crippen LogP contribution is -2.02. The zero-order chi connectivity index (χ0) is 14.5. The van der Waals surface area contributed by atoms with Gasteiger partial charge in [0.1, 0.15) is 0 Å². The number of ether oxygens (including phenoxy) is 1. The Morgan fingerprint density at radius 1 is 0.952 bits per heavy atom. The molecule has 0 aliphatic carbocycles. The van der Waals surface area contributed by atoms with E-state index in [1.54, 1.807) is 0 Å². The summed E-state index contributed by atoms with van der Waals surface area (Å²) in [6.45, 7) is 1.93. The van der Waals surface area contributed by atoms with Crippen molar-refractivity contribution in [1.82, 2.24) is 4.98 Å². The Hall–Kier alpha value is -2.10. The zero-order valence-corrected chi connectivity index (χ0v) is 12.0. The summed E-state index contributed by atoms with van der Waals surface area (Å²) in [4.78, 5) is 3.29. The van der Waals surface area contributed by atoms with Crippen molar-refractivity contribution in [3.05, 3.63) is 71.4 Å². The minimum atomic E-state index is 0.623. The first-order chi connectivity index (χ1) is 10.4. The molecule has 0 saturated carbocycles. The van der Waals surface area contributed by atoms with Gasteiger partial charge in [-0.1, -0.05) is 36.4 Å². The van der Waals surface area contributed by atoms with Crippen molar-refractivity contribution in [2.75, 3.05) is 6.54 Å². The van der Waals surface area contributed by atoms with Crippen LogP contribution in [0.1, 0.15) is 16.7 Å². The highest BCUT2D eigenvalue weighted by atomic mass is 16.5. The number of nitrogens with one attached hydrogen (secondary N) is 1. The van der Waals surface area contributed by atoms with E-state index in [4.69, 9.17) is 10.5 Å². The number of aromatic amines is 1. The molecule has 0 amide bonds. The highest BCUT2D eigenvalue weighted by molar-refractivity contribution is 5.83. The maximum absolute atomic E-state index is 5.80. The first-order valence-electron chi connectivity index (χ1n) is 7.27. The van der Waals surface area contributed by atoms with Gasteiger partial charge in [-0.2, -0.15) is 0 Å². The molecule has 0 radical (unpaired) electrons. The van der Waals surface area contributed by atoms with E-state index in [1.807, 2.05) is 24.4 Å². The molecule has 3 heteroatoms. The van der Waals surface area contributed by atoms with Gasteiger partial charge < -0.3 is 15.5 Å². The highest BCUT2D eigenvalue weighted by Crippen LogP contribution is 2.20. The molecule has 0 aliphatic heterocycles. The maximum Gasteiger partial charge on any atom is 0.0721 e. The number of rotatable bonds is 6. The van der Waals surface area contributed by atoms with Gasteiger partial charge in [-0.15, -0.1) is 0 Å². The van der Waals surface area contributed by atoms with Gasteiger partial charge in [0.25, 0.3) is 0 Å². The second-order valence-electron chi connectivity index (χ2n) is 5.21. The van der Waals surface area contributed by atoms with Crippen LogP contribution in [0.2, 0.25) is 0 Å². The molecule has 3 rings (SSSR count). The van der Waals surface area contributed by atoms with Crippen molar-refractivity contribution in [3.8, 4) is 0 Å². The summed E-state index contributed by atoms with van der Waals surface area (Å²) < 4.78 is 5.80. The Kier molecular flexibility index (Phi) is 4.34. The summed E-state index contributed by atoms with van der Waals surface area (Å²) in [6.07, 6.45) is 2.94. The van der Waals surface area contributed by atoms with Gasteiger partial charge in [0, 0.05) is 17.1 Å². The summed E-state index contributed by atoms with van der Waals surface area (Å²) in [5.74, 6) is 0. The first kappa shape index (κ1) is 13.9. The number of nitrogens with two attached hydrogens (primary N) is 1. The lowest BCUT2D eigenvalue weighted by Gasteiger charge is -2.05. The van der Waals surface area contributed by atoms with Gasteiger partial charge >= 0.3 is 0 Å². The number of hydrogen-bond donors (Lipinski definition) is 2. The molecule has 0 atom stereocenters. The van der Waals surface area contributed by atoms with Crippen LogP contribution in [0.3, 0.4) is 0 Å². The van der Waals surface area contributed by atoms with Gasteiger partial charge in [0.15, 0.2) is 0 Å². The van der Waals surface area contributed by atoms with E-state index in [0.717, 1.165) is 11.9 Å². The Labute approximate surface area is 124 Å². The average Bonchev–Trinajstić information content (AvgIpc) is 2.92. The smallest absolute Gasteiger partial charge is 0.0721 e. The number of benzene rings is 2. The van der Waals surface area contributed by atoms with Gasteiger partial charge in [0.2, 0.25) is 0 Å². The molecule has 0 spiro atoms. The van der Waals surface area contributed by atoms with Crippen molar-refractivity contribution in [3.63, 3.8) is 0 Å². The number of hydrogen-bond acceptors (Lipinski definition) is 2. The fraction of sp³-hybridized carbons (Fsp3) is 0.222. The molecule has 3 aromatic rings. The van der Waals surface area contributed by atoms with E-state index in [0.29, 0.717) is 19.8 Å². The summed E-state index contributed by atoms with van der Waals surface area (Å²) in [7, 11) is 0. The maximum atomic E-state index is 5.80. The minimum Gasteiger partial charge on any atom is -0.372 e. The summed E-state index contributed by atoms with van der Waals surface area (Å²) in [5, 5.41) is 1.25. The van der Waals surface area contributed by atoms with Crippen LogP contribution >= 0.6 is 0 Å². The average molecular weight is 280 g/mol. The monoisotopic (exact) mass is 280 g/mol. The Balaban J connectivity index is 1.68. The number of fused-ring (bicyclic) bond motifs is 1. The van der Waals surface area contributed by atoms with E-state index in [2.05, 4.69) is 35.3 Å². The van der Waals surface area contributed by atoms with Crippen molar-refractivity contribution < 1.29 is 4.74 Å². The molecule has 1 aromatic heterocycles. The molecule has 0 bridgehead atoms. The van der Waals surface area contributed by atoms with E-state index < -0.39 is 0 Å². The minimum absolute atomic E-state index is 0.623. The normalized spacial score (nSPS) is 11.1. The number of aromatic nitrogens is 1. The molecular formula is C18H20N2O. The third-order valence-corrected chi connectivity index (χ3v) is 3.63. The fourth-order valence-electron chi connectivity index (χ4n) is 2.54.